The molecule has 1 heterocycles. The minimum atomic E-state index is -3.56. The molecule has 1 fully saturated rings. The summed E-state index contributed by atoms with van der Waals surface area (Å²) in [7, 11) is -3.56. The summed E-state index contributed by atoms with van der Waals surface area (Å²) in [6, 6.07) is 13.0. The van der Waals surface area contributed by atoms with Crippen molar-refractivity contribution < 1.29 is 18.0 Å². The van der Waals surface area contributed by atoms with E-state index in [0.717, 1.165) is 12.1 Å². The van der Waals surface area contributed by atoms with E-state index in [9.17, 15) is 18.0 Å². The Kier molecular flexibility index (Phi) is 6.34. The molecule has 1 aliphatic rings. The highest BCUT2D eigenvalue weighted by molar-refractivity contribution is 7.89. The molecule has 0 aliphatic carbocycles. The van der Waals surface area contributed by atoms with Gasteiger partial charge in [0.15, 0.2) is 0 Å². The van der Waals surface area contributed by atoms with Crippen LogP contribution >= 0.6 is 0 Å². The van der Waals surface area contributed by atoms with Crippen LogP contribution in [0.1, 0.15) is 37.0 Å². The minimum Gasteiger partial charge on any atom is -0.322 e. The number of sulfonamides is 1. The molecule has 0 saturated carbocycles. The van der Waals surface area contributed by atoms with Crippen LogP contribution in [0.3, 0.4) is 0 Å². The summed E-state index contributed by atoms with van der Waals surface area (Å²) in [5, 5.41) is 2.80. The van der Waals surface area contributed by atoms with Crippen molar-refractivity contribution in [3.8, 4) is 0 Å². The molecule has 0 atom stereocenters. The van der Waals surface area contributed by atoms with E-state index in [-0.39, 0.29) is 16.7 Å². The molecule has 7 nitrogen and oxygen atoms in total. The van der Waals surface area contributed by atoms with Gasteiger partial charge in [0.1, 0.15) is 0 Å². The normalized spacial score (nSPS) is 14.4. The lowest BCUT2D eigenvalue weighted by Crippen LogP contribution is -2.30. The molecule has 0 bridgehead atoms. The van der Waals surface area contributed by atoms with Gasteiger partial charge in [-0.1, -0.05) is 19.9 Å². The summed E-state index contributed by atoms with van der Waals surface area (Å²) >= 11 is 0. The summed E-state index contributed by atoms with van der Waals surface area (Å²) in [6.45, 7) is 5.02. The van der Waals surface area contributed by atoms with Crippen LogP contribution in [0, 0.1) is 0 Å². The van der Waals surface area contributed by atoms with E-state index in [1.54, 1.807) is 36.9 Å². The average Bonchev–Trinajstić information content (AvgIpc) is 3.15. The number of carbonyl (C=O) groups excluding carboxylic acids is 2. The van der Waals surface area contributed by atoms with Crippen LogP contribution in [0.2, 0.25) is 0 Å². The summed E-state index contributed by atoms with van der Waals surface area (Å²) in [5.74, 6) is -0.264. The summed E-state index contributed by atoms with van der Waals surface area (Å²) in [4.78, 5) is 26.4. The Morgan fingerprint density at radius 3 is 2.38 bits per heavy atom. The van der Waals surface area contributed by atoms with E-state index >= 15 is 0 Å². The van der Waals surface area contributed by atoms with Gasteiger partial charge >= 0.3 is 0 Å². The molecule has 2 aromatic rings. The van der Waals surface area contributed by atoms with E-state index in [2.05, 4.69) is 5.32 Å². The third kappa shape index (κ3) is 4.49. The summed E-state index contributed by atoms with van der Waals surface area (Å²) < 4.78 is 26.5. The smallest absolute Gasteiger partial charge is 0.255 e. The monoisotopic (exact) mass is 415 g/mol. The maximum absolute atomic E-state index is 12.6. The number of amides is 2. The maximum Gasteiger partial charge on any atom is 0.255 e. The number of benzene rings is 2. The quantitative estimate of drug-likeness (QED) is 0.753. The van der Waals surface area contributed by atoms with Crippen molar-refractivity contribution in [2.45, 2.75) is 31.6 Å². The van der Waals surface area contributed by atoms with Crippen LogP contribution in [0.5, 0.6) is 0 Å². The number of anilines is 2. The highest BCUT2D eigenvalue weighted by Crippen LogP contribution is 2.24. The molecule has 0 aromatic heterocycles. The second kappa shape index (κ2) is 8.75. The predicted octanol–water partition coefficient (Wildman–Crippen LogP) is 3.10. The first-order valence-electron chi connectivity index (χ1n) is 9.68. The molecule has 1 saturated heterocycles. The first kappa shape index (κ1) is 21.0. The number of carbonyl (C=O) groups is 2. The van der Waals surface area contributed by atoms with Crippen molar-refractivity contribution in [1.82, 2.24) is 4.31 Å². The van der Waals surface area contributed by atoms with Gasteiger partial charge in [-0.15, -0.1) is 0 Å². The first-order valence-corrected chi connectivity index (χ1v) is 11.1. The van der Waals surface area contributed by atoms with Gasteiger partial charge < -0.3 is 10.2 Å². The zero-order valence-electron chi connectivity index (χ0n) is 16.6. The topological polar surface area (TPSA) is 86.8 Å². The zero-order chi connectivity index (χ0) is 21.0. The Morgan fingerprint density at radius 2 is 1.79 bits per heavy atom. The van der Waals surface area contributed by atoms with Gasteiger partial charge in [0.05, 0.1) is 4.90 Å². The lowest BCUT2D eigenvalue weighted by molar-refractivity contribution is -0.117. The molecule has 2 aromatic carbocycles. The van der Waals surface area contributed by atoms with Crippen LogP contribution in [-0.4, -0.2) is 44.2 Å². The molecule has 1 aliphatic heterocycles. The fourth-order valence-electron chi connectivity index (χ4n) is 3.37. The number of nitrogens with one attached hydrogen (secondary N) is 1. The number of nitrogens with zero attached hydrogens (tertiary/aromatic N) is 2. The highest BCUT2D eigenvalue weighted by Gasteiger charge is 2.23. The van der Waals surface area contributed by atoms with Crippen molar-refractivity contribution >= 4 is 33.2 Å². The molecule has 2 amide bonds. The molecule has 0 unspecified atom stereocenters. The minimum absolute atomic E-state index is 0.0819. The summed E-state index contributed by atoms with van der Waals surface area (Å²) in [6.07, 6.45) is 1.37. The lowest BCUT2D eigenvalue weighted by atomic mass is 10.2. The molecular weight excluding hydrogens is 390 g/mol. The Hall–Kier alpha value is -2.71. The third-order valence-electron chi connectivity index (χ3n) is 4.95. The van der Waals surface area contributed by atoms with Crippen LogP contribution < -0.4 is 10.2 Å². The third-order valence-corrected chi connectivity index (χ3v) is 7.01. The lowest BCUT2D eigenvalue weighted by Gasteiger charge is -2.18. The van der Waals surface area contributed by atoms with Crippen molar-refractivity contribution in [3.05, 3.63) is 54.1 Å². The number of rotatable bonds is 7. The summed E-state index contributed by atoms with van der Waals surface area (Å²) in [5.41, 5.74) is 1.68. The number of hydrogen-bond donors (Lipinski definition) is 1. The fraction of sp³-hybridized carbons (Fsp3) is 0.333. The standard InChI is InChI=1S/C21H25N3O4S/c1-3-23(4-2)29(27,28)19-12-10-16(11-13-19)21(26)22-17-7-5-8-18(15-17)24-14-6-9-20(24)25/h5,7-8,10-13,15H,3-4,6,9,14H2,1-2H3,(H,22,26). The van der Waals surface area contributed by atoms with Crippen molar-refractivity contribution in [1.29, 1.82) is 0 Å². The number of hydrogen-bond acceptors (Lipinski definition) is 4. The van der Waals surface area contributed by atoms with Gasteiger partial charge in [0.2, 0.25) is 15.9 Å². The Bertz CT molecular complexity index is 999. The Balaban J connectivity index is 1.74. The molecule has 3 rings (SSSR count). The second-order valence-electron chi connectivity index (χ2n) is 6.77. The zero-order valence-corrected chi connectivity index (χ0v) is 17.4. The molecule has 0 spiro atoms. The van der Waals surface area contributed by atoms with Crippen molar-refractivity contribution in [2.24, 2.45) is 0 Å². The van der Waals surface area contributed by atoms with E-state index in [1.165, 1.54) is 28.6 Å². The van der Waals surface area contributed by atoms with Crippen LogP contribution in [0.15, 0.2) is 53.4 Å². The van der Waals surface area contributed by atoms with Gasteiger partial charge in [-0.05, 0) is 48.9 Å². The van der Waals surface area contributed by atoms with Crippen molar-refractivity contribution in [3.63, 3.8) is 0 Å². The van der Waals surface area contributed by atoms with E-state index in [4.69, 9.17) is 0 Å². The van der Waals surface area contributed by atoms with Crippen LogP contribution in [-0.2, 0) is 14.8 Å². The molecular formula is C21H25N3O4S. The fourth-order valence-corrected chi connectivity index (χ4v) is 4.82. The Morgan fingerprint density at radius 1 is 1.10 bits per heavy atom. The predicted molar refractivity (Wildman–Crippen MR) is 113 cm³/mol. The molecule has 29 heavy (non-hydrogen) atoms. The van der Waals surface area contributed by atoms with E-state index in [1.807, 2.05) is 6.07 Å². The second-order valence-corrected chi connectivity index (χ2v) is 8.71. The Labute approximate surface area is 171 Å². The first-order chi connectivity index (χ1) is 13.9. The van der Waals surface area contributed by atoms with Crippen LogP contribution in [0.4, 0.5) is 11.4 Å². The van der Waals surface area contributed by atoms with Crippen molar-refractivity contribution in [2.75, 3.05) is 29.9 Å². The van der Waals surface area contributed by atoms with E-state index in [0.29, 0.717) is 37.3 Å². The van der Waals surface area contributed by atoms with E-state index < -0.39 is 10.0 Å². The van der Waals surface area contributed by atoms with Crippen LogP contribution in [0.25, 0.3) is 0 Å². The van der Waals surface area contributed by atoms with Gasteiger partial charge in [-0.25, -0.2) is 8.42 Å². The highest BCUT2D eigenvalue weighted by atomic mass is 32.2. The molecule has 8 heteroatoms. The SMILES string of the molecule is CCN(CC)S(=O)(=O)c1ccc(C(=O)Nc2cccc(N3CCCC3=O)c2)cc1. The average molecular weight is 416 g/mol. The molecule has 1 N–H and O–H groups in total. The maximum atomic E-state index is 12.6. The molecule has 154 valence electrons. The van der Waals surface area contributed by atoms with Gasteiger partial charge in [-0.3, -0.25) is 9.59 Å². The van der Waals surface area contributed by atoms with Gasteiger partial charge in [-0.2, -0.15) is 4.31 Å². The largest absolute Gasteiger partial charge is 0.322 e. The van der Waals surface area contributed by atoms with Gasteiger partial charge in [0.25, 0.3) is 5.91 Å². The van der Waals surface area contributed by atoms with Gasteiger partial charge in [0, 0.05) is 43.0 Å². The molecule has 0 radical (unpaired) electrons.